The van der Waals surface area contributed by atoms with E-state index >= 15 is 0 Å². The second-order valence-corrected chi connectivity index (χ2v) is 3.01. The summed E-state index contributed by atoms with van der Waals surface area (Å²) in [5, 5.41) is 21.5. The summed E-state index contributed by atoms with van der Waals surface area (Å²) in [6.07, 6.45) is 0.988. The van der Waals surface area contributed by atoms with Crippen molar-refractivity contribution >= 4 is 5.97 Å². The van der Waals surface area contributed by atoms with Crippen LogP contribution < -0.4 is 0 Å². The maximum absolute atomic E-state index is 13.0. The van der Waals surface area contributed by atoms with Gasteiger partial charge in [0, 0.05) is 0 Å². The maximum atomic E-state index is 13.0. The summed E-state index contributed by atoms with van der Waals surface area (Å²) >= 11 is 0. The van der Waals surface area contributed by atoms with Crippen LogP contribution in [-0.2, 0) is 0 Å². The third-order valence-electron chi connectivity index (χ3n) is 2.03. The predicted molar refractivity (Wildman–Crippen MR) is 50.5 cm³/mol. The van der Waals surface area contributed by atoms with Crippen molar-refractivity contribution in [1.82, 2.24) is 5.16 Å². The van der Waals surface area contributed by atoms with Crippen molar-refractivity contribution in [3.63, 3.8) is 0 Å². The number of aromatic hydroxyl groups is 1. The summed E-state index contributed by atoms with van der Waals surface area (Å²) in [6.45, 7) is 0. The number of carboxylic acid groups (broad SMARTS) is 1. The molecule has 2 aromatic rings. The Hall–Kier alpha value is -2.37. The largest absolute Gasteiger partial charge is 0.504 e. The van der Waals surface area contributed by atoms with Gasteiger partial charge < -0.3 is 14.7 Å². The van der Waals surface area contributed by atoms with Gasteiger partial charge in [-0.2, -0.15) is 0 Å². The minimum absolute atomic E-state index is 0.0464. The molecule has 16 heavy (non-hydrogen) atoms. The molecule has 0 unspecified atom stereocenters. The molecule has 5 nitrogen and oxygen atoms in total. The van der Waals surface area contributed by atoms with E-state index in [1.165, 1.54) is 12.1 Å². The first kappa shape index (κ1) is 10.2. The highest BCUT2D eigenvalue weighted by atomic mass is 19.1. The van der Waals surface area contributed by atoms with Gasteiger partial charge in [0.2, 0.25) is 0 Å². The molecule has 0 atom stereocenters. The highest BCUT2D eigenvalue weighted by Crippen LogP contribution is 2.33. The molecule has 0 radical (unpaired) electrons. The molecule has 0 aliphatic carbocycles. The number of aromatic nitrogens is 1. The Morgan fingerprint density at radius 3 is 2.88 bits per heavy atom. The molecule has 0 saturated carbocycles. The Bertz CT molecular complexity index is 550. The highest BCUT2D eigenvalue weighted by molar-refractivity contribution is 5.94. The number of carbonyl (C=O) groups is 1. The van der Waals surface area contributed by atoms with Crippen molar-refractivity contribution < 1.29 is 23.9 Å². The summed E-state index contributed by atoms with van der Waals surface area (Å²) in [4.78, 5) is 10.8. The van der Waals surface area contributed by atoms with Crippen LogP contribution in [0.1, 0.15) is 10.4 Å². The van der Waals surface area contributed by atoms with Gasteiger partial charge in [0.15, 0.2) is 17.3 Å². The second-order valence-electron chi connectivity index (χ2n) is 3.01. The zero-order valence-corrected chi connectivity index (χ0v) is 7.85. The monoisotopic (exact) mass is 223 g/mol. The van der Waals surface area contributed by atoms with E-state index in [1.54, 1.807) is 0 Å². The molecular formula is C10H6FNO4. The number of phenolic OH excluding ortho intramolecular Hbond substituents is 1. The standard InChI is InChI=1S/C10H6FNO4/c11-7-3-1-2-5(8(7)13)9-6(10(14)15)4-12-16-9/h1-4,13H,(H,14,15). The molecule has 2 N–H and O–H groups in total. The van der Waals surface area contributed by atoms with Gasteiger partial charge in [-0.1, -0.05) is 11.2 Å². The molecular weight excluding hydrogens is 217 g/mol. The lowest BCUT2D eigenvalue weighted by molar-refractivity contribution is 0.0697. The van der Waals surface area contributed by atoms with Crippen LogP contribution in [0.5, 0.6) is 5.75 Å². The van der Waals surface area contributed by atoms with Crippen LogP contribution in [0.4, 0.5) is 4.39 Å². The van der Waals surface area contributed by atoms with E-state index in [9.17, 15) is 14.3 Å². The molecule has 1 heterocycles. The molecule has 0 spiro atoms. The lowest BCUT2D eigenvalue weighted by atomic mass is 10.1. The van der Waals surface area contributed by atoms with Gasteiger partial charge in [-0.15, -0.1) is 0 Å². The number of phenols is 1. The number of rotatable bonds is 2. The Balaban J connectivity index is 2.63. The van der Waals surface area contributed by atoms with Gasteiger partial charge >= 0.3 is 5.97 Å². The van der Waals surface area contributed by atoms with E-state index < -0.39 is 17.5 Å². The number of para-hydroxylation sites is 1. The number of aromatic carboxylic acids is 1. The number of nitrogens with zero attached hydrogens (tertiary/aromatic N) is 1. The van der Waals surface area contributed by atoms with Crippen molar-refractivity contribution in [2.24, 2.45) is 0 Å². The normalized spacial score (nSPS) is 10.3. The number of benzene rings is 1. The first-order chi connectivity index (χ1) is 7.61. The molecule has 6 heteroatoms. The van der Waals surface area contributed by atoms with E-state index in [2.05, 4.69) is 5.16 Å². The fourth-order valence-electron chi connectivity index (χ4n) is 1.28. The van der Waals surface area contributed by atoms with Crippen LogP contribution in [0, 0.1) is 5.82 Å². The van der Waals surface area contributed by atoms with Gasteiger partial charge in [0.1, 0.15) is 5.56 Å². The minimum atomic E-state index is -1.26. The zero-order valence-electron chi connectivity index (χ0n) is 7.85. The zero-order chi connectivity index (χ0) is 11.7. The first-order valence-electron chi connectivity index (χ1n) is 4.27. The summed E-state index contributed by atoms with van der Waals surface area (Å²) in [7, 11) is 0. The topological polar surface area (TPSA) is 83.6 Å². The Morgan fingerprint density at radius 1 is 1.44 bits per heavy atom. The third-order valence-corrected chi connectivity index (χ3v) is 2.03. The summed E-state index contributed by atoms with van der Waals surface area (Å²) in [6, 6.07) is 3.72. The predicted octanol–water partition coefficient (Wildman–Crippen LogP) is 1.88. The molecule has 0 saturated heterocycles. The molecule has 0 fully saturated rings. The molecule has 1 aromatic heterocycles. The van der Waals surface area contributed by atoms with Gasteiger partial charge in [0.25, 0.3) is 0 Å². The quantitative estimate of drug-likeness (QED) is 0.812. The van der Waals surface area contributed by atoms with Crippen molar-refractivity contribution in [3.8, 4) is 17.1 Å². The third kappa shape index (κ3) is 1.50. The molecule has 82 valence electrons. The van der Waals surface area contributed by atoms with E-state index in [0.29, 0.717) is 0 Å². The van der Waals surface area contributed by atoms with Gasteiger partial charge in [-0.05, 0) is 12.1 Å². The number of carboxylic acids is 1. The first-order valence-corrected chi connectivity index (χ1v) is 4.27. The summed E-state index contributed by atoms with van der Waals surface area (Å²) in [5.41, 5.74) is -0.282. The number of halogens is 1. The molecule has 0 bridgehead atoms. The molecule has 0 aliphatic rings. The van der Waals surface area contributed by atoms with Crippen LogP contribution in [-0.4, -0.2) is 21.3 Å². The minimum Gasteiger partial charge on any atom is -0.504 e. The Kier molecular flexibility index (Phi) is 2.32. The van der Waals surface area contributed by atoms with Crippen LogP contribution in [0.25, 0.3) is 11.3 Å². The van der Waals surface area contributed by atoms with Gasteiger partial charge in [-0.25, -0.2) is 9.18 Å². The second kappa shape index (κ2) is 3.65. The summed E-state index contributed by atoms with van der Waals surface area (Å²) in [5.74, 6) is -2.96. The lowest BCUT2D eigenvalue weighted by Crippen LogP contribution is -1.96. The van der Waals surface area contributed by atoms with Crippen LogP contribution in [0.3, 0.4) is 0 Å². The molecule has 0 aliphatic heterocycles. The van der Waals surface area contributed by atoms with E-state index in [0.717, 1.165) is 12.3 Å². The Labute approximate surface area is 88.7 Å². The average molecular weight is 223 g/mol. The van der Waals surface area contributed by atoms with Gasteiger partial charge in [0.05, 0.1) is 11.8 Å². The van der Waals surface area contributed by atoms with E-state index in [1.807, 2.05) is 0 Å². The summed E-state index contributed by atoms with van der Waals surface area (Å²) < 4.78 is 17.7. The van der Waals surface area contributed by atoms with Crippen molar-refractivity contribution in [2.75, 3.05) is 0 Å². The van der Waals surface area contributed by atoms with Crippen molar-refractivity contribution in [2.45, 2.75) is 0 Å². The number of hydrogen-bond acceptors (Lipinski definition) is 4. The maximum Gasteiger partial charge on any atom is 0.341 e. The molecule has 2 rings (SSSR count). The average Bonchev–Trinajstić information content (AvgIpc) is 2.70. The fraction of sp³-hybridized carbons (Fsp3) is 0. The van der Waals surface area contributed by atoms with Gasteiger partial charge in [-0.3, -0.25) is 0 Å². The highest BCUT2D eigenvalue weighted by Gasteiger charge is 2.20. The van der Waals surface area contributed by atoms with E-state index in [-0.39, 0.29) is 16.9 Å². The fourth-order valence-corrected chi connectivity index (χ4v) is 1.28. The molecule has 1 aromatic carbocycles. The van der Waals surface area contributed by atoms with Crippen LogP contribution >= 0.6 is 0 Å². The SMILES string of the molecule is O=C(O)c1cnoc1-c1cccc(F)c1O. The van der Waals surface area contributed by atoms with Crippen LogP contribution in [0.2, 0.25) is 0 Å². The molecule has 0 amide bonds. The van der Waals surface area contributed by atoms with Crippen molar-refractivity contribution in [3.05, 3.63) is 35.8 Å². The van der Waals surface area contributed by atoms with E-state index in [4.69, 9.17) is 9.63 Å². The Morgan fingerprint density at radius 2 is 2.19 bits per heavy atom. The van der Waals surface area contributed by atoms with Crippen LogP contribution in [0.15, 0.2) is 28.9 Å². The smallest absolute Gasteiger partial charge is 0.341 e. The van der Waals surface area contributed by atoms with Crippen molar-refractivity contribution in [1.29, 1.82) is 0 Å². The number of hydrogen-bond donors (Lipinski definition) is 2. The lowest BCUT2D eigenvalue weighted by Gasteiger charge is -2.01.